The predicted molar refractivity (Wildman–Crippen MR) is 27.6 cm³/mol. The normalized spacial score (nSPS) is 36.0. The fraction of sp³-hybridized carbons (Fsp3) is 0.800. The molecule has 1 saturated heterocycles. The Morgan fingerprint density at radius 3 is 2.56 bits per heavy atom. The topological polar surface area (TPSA) is 66.8 Å². The van der Waals surface area contributed by atoms with Crippen LogP contribution >= 0.6 is 0 Å². The molecule has 0 amide bonds. The molecule has 4 heteroatoms. The molecule has 0 aliphatic carbocycles. The molecule has 0 aromatic rings. The van der Waals surface area contributed by atoms with Gasteiger partial charge in [0.1, 0.15) is 12.7 Å². The van der Waals surface area contributed by atoms with Gasteiger partial charge in [-0.05, 0) is 0 Å². The number of hydrogen-bond donors (Lipinski definition) is 2. The molecular formula is C5H8O4. The van der Waals surface area contributed by atoms with Crippen LogP contribution in [0.5, 0.6) is 0 Å². The molecule has 2 atom stereocenters. The summed E-state index contributed by atoms with van der Waals surface area (Å²) in [4.78, 5) is 10.3. The van der Waals surface area contributed by atoms with Crippen molar-refractivity contribution in [3.63, 3.8) is 0 Å². The predicted octanol–water partition coefficient (Wildman–Crippen LogP) is -1.34. The Hall–Kier alpha value is -0.610. The summed E-state index contributed by atoms with van der Waals surface area (Å²) in [6.45, 7) is -0.0833. The summed E-state index contributed by atoms with van der Waals surface area (Å²) in [5.41, 5.74) is 0. The highest BCUT2D eigenvalue weighted by Crippen LogP contribution is 2.07. The number of aliphatic hydroxyl groups is 2. The highest BCUT2D eigenvalue weighted by molar-refractivity contribution is 5.70. The minimum Gasteiger partial charge on any atom is -0.463 e. The minimum absolute atomic E-state index is 0.0833. The Balaban J connectivity index is 2.44. The standard InChI is InChI=1S/C5H8O4/c6-3-1-5(8)9-2-4(3)7/h3-4,6-7H,1-2H2/t3-,4+/m1/s1. The van der Waals surface area contributed by atoms with E-state index in [1.165, 1.54) is 0 Å². The molecule has 1 aliphatic heterocycles. The molecule has 1 rings (SSSR count). The van der Waals surface area contributed by atoms with E-state index in [0.29, 0.717) is 0 Å². The van der Waals surface area contributed by atoms with Crippen LogP contribution < -0.4 is 0 Å². The Morgan fingerprint density at radius 1 is 1.44 bits per heavy atom. The Labute approximate surface area is 52.1 Å². The van der Waals surface area contributed by atoms with Gasteiger partial charge in [-0.3, -0.25) is 4.79 Å². The second kappa shape index (κ2) is 2.33. The lowest BCUT2D eigenvalue weighted by molar-refractivity contribution is -0.162. The van der Waals surface area contributed by atoms with E-state index in [9.17, 15) is 4.79 Å². The molecule has 0 radical (unpaired) electrons. The zero-order chi connectivity index (χ0) is 6.85. The zero-order valence-electron chi connectivity index (χ0n) is 4.78. The smallest absolute Gasteiger partial charge is 0.308 e. The molecule has 0 bridgehead atoms. The molecular weight excluding hydrogens is 124 g/mol. The maximum absolute atomic E-state index is 10.3. The summed E-state index contributed by atoms with van der Waals surface area (Å²) in [6.07, 6.45) is -1.94. The molecule has 0 aromatic heterocycles. The van der Waals surface area contributed by atoms with E-state index in [4.69, 9.17) is 10.2 Å². The van der Waals surface area contributed by atoms with Gasteiger partial charge < -0.3 is 14.9 Å². The van der Waals surface area contributed by atoms with Gasteiger partial charge in [-0.25, -0.2) is 0 Å². The summed E-state index contributed by atoms with van der Waals surface area (Å²) >= 11 is 0. The van der Waals surface area contributed by atoms with E-state index >= 15 is 0 Å². The second-order valence-electron chi connectivity index (χ2n) is 2.02. The van der Waals surface area contributed by atoms with Crippen LogP contribution in [0.15, 0.2) is 0 Å². The van der Waals surface area contributed by atoms with E-state index in [2.05, 4.69) is 4.74 Å². The average Bonchev–Trinajstić information content (AvgIpc) is 1.80. The molecule has 9 heavy (non-hydrogen) atoms. The number of rotatable bonds is 0. The molecule has 0 aromatic carbocycles. The molecule has 1 heterocycles. The van der Waals surface area contributed by atoms with E-state index in [1.54, 1.807) is 0 Å². The Bertz CT molecular complexity index is 122. The third-order valence-corrected chi connectivity index (χ3v) is 1.24. The minimum atomic E-state index is -0.939. The van der Waals surface area contributed by atoms with Crippen molar-refractivity contribution >= 4 is 5.97 Å². The number of carbonyl (C=O) groups is 1. The first-order valence-electron chi connectivity index (χ1n) is 2.72. The first-order valence-corrected chi connectivity index (χ1v) is 2.72. The lowest BCUT2D eigenvalue weighted by atomic mass is 10.1. The number of aliphatic hydroxyl groups excluding tert-OH is 2. The largest absolute Gasteiger partial charge is 0.463 e. The van der Waals surface area contributed by atoms with Crippen LogP contribution in [0, 0.1) is 0 Å². The molecule has 52 valence electrons. The van der Waals surface area contributed by atoms with Crippen LogP contribution in [0.2, 0.25) is 0 Å². The molecule has 1 fully saturated rings. The van der Waals surface area contributed by atoms with Crippen LogP contribution in [-0.4, -0.2) is 35.0 Å². The van der Waals surface area contributed by atoms with Crippen molar-refractivity contribution in [1.82, 2.24) is 0 Å². The quantitative estimate of drug-likeness (QED) is 0.400. The van der Waals surface area contributed by atoms with Gasteiger partial charge in [-0.1, -0.05) is 0 Å². The van der Waals surface area contributed by atoms with Gasteiger partial charge >= 0.3 is 5.97 Å². The number of ether oxygens (including phenoxy) is 1. The van der Waals surface area contributed by atoms with Crippen molar-refractivity contribution in [2.45, 2.75) is 18.6 Å². The van der Waals surface area contributed by atoms with Gasteiger partial charge in [0, 0.05) is 0 Å². The number of carbonyl (C=O) groups excluding carboxylic acids is 1. The van der Waals surface area contributed by atoms with Gasteiger partial charge in [0.2, 0.25) is 0 Å². The van der Waals surface area contributed by atoms with Gasteiger partial charge in [0.15, 0.2) is 0 Å². The first kappa shape index (κ1) is 6.51. The first-order chi connectivity index (χ1) is 4.20. The summed E-state index contributed by atoms with van der Waals surface area (Å²) in [6, 6.07) is 0. The van der Waals surface area contributed by atoms with Crippen LogP contribution in [0.1, 0.15) is 6.42 Å². The number of esters is 1. The molecule has 1 aliphatic rings. The fourth-order valence-corrected chi connectivity index (χ4v) is 0.655. The van der Waals surface area contributed by atoms with Crippen LogP contribution in [0.3, 0.4) is 0 Å². The highest BCUT2D eigenvalue weighted by Gasteiger charge is 2.26. The molecule has 0 saturated carbocycles. The van der Waals surface area contributed by atoms with Gasteiger partial charge in [-0.15, -0.1) is 0 Å². The lowest BCUT2D eigenvalue weighted by Gasteiger charge is -2.21. The third-order valence-electron chi connectivity index (χ3n) is 1.24. The van der Waals surface area contributed by atoms with Crippen molar-refractivity contribution in [2.24, 2.45) is 0 Å². The van der Waals surface area contributed by atoms with Crippen LogP contribution in [0.25, 0.3) is 0 Å². The van der Waals surface area contributed by atoms with E-state index in [-0.39, 0.29) is 13.0 Å². The van der Waals surface area contributed by atoms with Crippen molar-refractivity contribution in [3.8, 4) is 0 Å². The van der Waals surface area contributed by atoms with E-state index < -0.39 is 18.2 Å². The number of hydrogen-bond acceptors (Lipinski definition) is 4. The van der Waals surface area contributed by atoms with Crippen molar-refractivity contribution in [1.29, 1.82) is 0 Å². The van der Waals surface area contributed by atoms with Gasteiger partial charge in [0.25, 0.3) is 0 Å². The number of cyclic esters (lactones) is 1. The van der Waals surface area contributed by atoms with Crippen molar-refractivity contribution in [3.05, 3.63) is 0 Å². The third kappa shape index (κ3) is 1.40. The Morgan fingerprint density at radius 2 is 2.11 bits per heavy atom. The second-order valence-corrected chi connectivity index (χ2v) is 2.02. The van der Waals surface area contributed by atoms with Gasteiger partial charge in [0.05, 0.1) is 12.5 Å². The Kier molecular flexibility index (Phi) is 1.68. The zero-order valence-corrected chi connectivity index (χ0v) is 4.78. The van der Waals surface area contributed by atoms with Gasteiger partial charge in [-0.2, -0.15) is 0 Å². The highest BCUT2D eigenvalue weighted by atomic mass is 16.5. The van der Waals surface area contributed by atoms with E-state index in [0.717, 1.165) is 0 Å². The summed E-state index contributed by atoms with van der Waals surface area (Å²) in [7, 11) is 0. The SMILES string of the molecule is O=C1C[C@@H](O)[C@@H](O)CO1. The van der Waals surface area contributed by atoms with Crippen molar-refractivity contribution in [2.75, 3.05) is 6.61 Å². The summed E-state index contributed by atoms with van der Waals surface area (Å²) < 4.78 is 4.41. The maximum atomic E-state index is 10.3. The van der Waals surface area contributed by atoms with Crippen LogP contribution in [-0.2, 0) is 9.53 Å². The maximum Gasteiger partial charge on any atom is 0.308 e. The summed E-state index contributed by atoms with van der Waals surface area (Å²) in [5, 5.41) is 17.6. The average molecular weight is 132 g/mol. The van der Waals surface area contributed by atoms with Crippen LogP contribution in [0.4, 0.5) is 0 Å². The monoisotopic (exact) mass is 132 g/mol. The fourth-order valence-electron chi connectivity index (χ4n) is 0.655. The molecule has 4 nitrogen and oxygen atoms in total. The molecule has 0 spiro atoms. The van der Waals surface area contributed by atoms with E-state index in [1.807, 2.05) is 0 Å². The lowest BCUT2D eigenvalue weighted by Crippen LogP contribution is -2.38. The molecule has 2 N–H and O–H groups in total. The summed E-state index contributed by atoms with van der Waals surface area (Å²) in [5.74, 6) is -0.451. The van der Waals surface area contributed by atoms with Crippen molar-refractivity contribution < 1.29 is 19.7 Å². The molecule has 0 unspecified atom stereocenters.